The van der Waals surface area contributed by atoms with Crippen molar-refractivity contribution in [1.82, 2.24) is 4.98 Å². The Bertz CT molecular complexity index is 868. The first-order valence-electron chi connectivity index (χ1n) is 13.4. The SMILES string of the molecule is COC1C[C@H]2[C@@H]3CC[C@H]([C@H](C)COc4ccc(C)cn4)[C@@]3(C)CC[C@@H]2[C@@]2(C)CC[C@@H]3CC132. The van der Waals surface area contributed by atoms with Crippen LogP contribution in [0.5, 0.6) is 5.88 Å². The summed E-state index contributed by atoms with van der Waals surface area (Å²) >= 11 is 0. The minimum Gasteiger partial charge on any atom is -0.477 e. The molecule has 1 spiro atoms. The van der Waals surface area contributed by atoms with Crippen molar-refractivity contribution in [2.75, 3.05) is 13.7 Å². The summed E-state index contributed by atoms with van der Waals surface area (Å²) < 4.78 is 12.5. The predicted octanol–water partition coefficient (Wildman–Crippen LogP) is 6.69. The van der Waals surface area contributed by atoms with Crippen LogP contribution in [-0.4, -0.2) is 24.8 Å². The molecule has 32 heavy (non-hydrogen) atoms. The predicted molar refractivity (Wildman–Crippen MR) is 127 cm³/mol. The average molecular weight is 438 g/mol. The summed E-state index contributed by atoms with van der Waals surface area (Å²) in [6.45, 7) is 10.6. The van der Waals surface area contributed by atoms with E-state index in [1.807, 2.05) is 19.4 Å². The van der Waals surface area contributed by atoms with E-state index >= 15 is 0 Å². The maximum Gasteiger partial charge on any atom is 0.213 e. The summed E-state index contributed by atoms with van der Waals surface area (Å²) in [6.07, 6.45) is 13.8. The maximum absolute atomic E-state index is 6.29. The lowest BCUT2D eigenvalue weighted by Crippen LogP contribution is -2.57. The van der Waals surface area contributed by atoms with Gasteiger partial charge in [-0.1, -0.05) is 26.8 Å². The van der Waals surface area contributed by atoms with Crippen LogP contribution in [0.15, 0.2) is 18.3 Å². The smallest absolute Gasteiger partial charge is 0.213 e. The minimum absolute atomic E-state index is 0.464. The Morgan fingerprint density at radius 3 is 2.66 bits per heavy atom. The molecule has 0 amide bonds. The van der Waals surface area contributed by atoms with Crippen LogP contribution in [0.2, 0.25) is 0 Å². The summed E-state index contributed by atoms with van der Waals surface area (Å²) in [6, 6.07) is 4.11. The van der Waals surface area contributed by atoms with E-state index in [-0.39, 0.29) is 0 Å². The summed E-state index contributed by atoms with van der Waals surface area (Å²) in [5.74, 6) is 5.76. The highest BCUT2D eigenvalue weighted by atomic mass is 16.5. The van der Waals surface area contributed by atoms with Gasteiger partial charge in [0.05, 0.1) is 12.7 Å². The molecule has 0 aliphatic heterocycles. The molecule has 0 aromatic carbocycles. The fraction of sp³-hybridized carbons (Fsp3) is 0.828. The molecular weight excluding hydrogens is 394 g/mol. The molecule has 10 atom stereocenters. The Kier molecular flexibility index (Phi) is 4.83. The van der Waals surface area contributed by atoms with Gasteiger partial charge >= 0.3 is 0 Å². The van der Waals surface area contributed by atoms with Crippen molar-refractivity contribution < 1.29 is 9.47 Å². The molecule has 3 nitrogen and oxygen atoms in total. The maximum atomic E-state index is 6.29. The van der Waals surface area contributed by atoms with Crippen LogP contribution in [0.1, 0.15) is 77.7 Å². The van der Waals surface area contributed by atoms with Crippen LogP contribution in [0, 0.1) is 58.7 Å². The highest BCUT2D eigenvalue weighted by Gasteiger charge is 2.77. The average Bonchev–Trinajstić information content (AvgIpc) is 3.29. The van der Waals surface area contributed by atoms with Gasteiger partial charge in [0.25, 0.3) is 0 Å². The Balaban J connectivity index is 1.20. The highest BCUT2D eigenvalue weighted by molar-refractivity contribution is 5.26. The molecule has 2 unspecified atom stereocenters. The van der Waals surface area contributed by atoms with Crippen molar-refractivity contribution in [2.24, 2.45) is 51.8 Å². The van der Waals surface area contributed by atoms with Crippen molar-refractivity contribution in [2.45, 2.75) is 85.2 Å². The molecule has 5 fully saturated rings. The van der Waals surface area contributed by atoms with Gasteiger partial charge in [-0.3, -0.25) is 0 Å². The molecule has 5 aliphatic carbocycles. The largest absolute Gasteiger partial charge is 0.477 e. The van der Waals surface area contributed by atoms with Crippen molar-refractivity contribution in [3.8, 4) is 5.88 Å². The second-order valence-corrected chi connectivity index (χ2v) is 12.9. The topological polar surface area (TPSA) is 31.4 Å². The van der Waals surface area contributed by atoms with E-state index in [1.54, 1.807) is 0 Å². The minimum atomic E-state index is 0.464. The van der Waals surface area contributed by atoms with E-state index < -0.39 is 0 Å². The van der Waals surface area contributed by atoms with Crippen LogP contribution in [-0.2, 0) is 4.74 Å². The van der Waals surface area contributed by atoms with E-state index in [0.29, 0.717) is 28.3 Å². The lowest BCUT2D eigenvalue weighted by atomic mass is 9.45. The molecule has 0 saturated heterocycles. The number of rotatable bonds is 5. The Morgan fingerprint density at radius 1 is 1.09 bits per heavy atom. The van der Waals surface area contributed by atoms with Crippen LogP contribution in [0.25, 0.3) is 0 Å². The third-order valence-corrected chi connectivity index (χ3v) is 12.0. The molecule has 0 radical (unpaired) electrons. The molecular formula is C29H43NO2. The van der Waals surface area contributed by atoms with E-state index in [9.17, 15) is 0 Å². The third kappa shape index (κ3) is 2.72. The van der Waals surface area contributed by atoms with Gasteiger partial charge in [0.1, 0.15) is 0 Å². The molecule has 5 saturated carbocycles. The number of hydrogen-bond acceptors (Lipinski definition) is 3. The number of ether oxygens (including phenoxy) is 2. The highest BCUT2D eigenvalue weighted by Crippen LogP contribution is 2.82. The molecule has 1 aromatic heterocycles. The van der Waals surface area contributed by atoms with E-state index in [2.05, 4.69) is 38.7 Å². The van der Waals surface area contributed by atoms with Gasteiger partial charge in [0.2, 0.25) is 5.88 Å². The van der Waals surface area contributed by atoms with Gasteiger partial charge in [-0.05, 0) is 110 Å². The van der Waals surface area contributed by atoms with Gasteiger partial charge in [0, 0.05) is 24.8 Å². The normalized spacial score (nSPS) is 49.5. The number of pyridine rings is 1. The molecule has 0 N–H and O–H groups in total. The van der Waals surface area contributed by atoms with Crippen molar-refractivity contribution in [3.63, 3.8) is 0 Å². The zero-order chi connectivity index (χ0) is 22.3. The quantitative estimate of drug-likeness (QED) is 0.514. The van der Waals surface area contributed by atoms with Crippen LogP contribution < -0.4 is 4.74 Å². The number of aromatic nitrogens is 1. The lowest BCUT2D eigenvalue weighted by Gasteiger charge is -2.61. The van der Waals surface area contributed by atoms with Gasteiger partial charge in [-0.15, -0.1) is 0 Å². The van der Waals surface area contributed by atoms with Gasteiger partial charge in [-0.25, -0.2) is 4.98 Å². The van der Waals surface area contributed by atoms with Crippen molar-refractivity contribution >= 4 is 0 Å². The van der Waals surface area contributed by atoms with Crippen molar-refractivity contribution in [1.29, 1.82) is 0 Å². The molecule has 3 heteroatoms. The Labute approximate surface area is 195 Å². The number of methoxy groups -OCH3 is 1. The second-order valence-electron chi connectivity index (χ2n) is 12.9. The van der Waals surface area contributed by atoms with E-state index in [4.69, 9.17) is 9.47 Å². The van der Waals surface area contributed by atoms with Crippen LogP contribution >= 0.6 is 0 Å². The van der Waals surface area contributed by atoms with Crippen molar-refractivity contribution in [3.05, 3.63) is 23.9 Å². The monoisotopic (exact) mass is 437 g/mol. The number of fused-ring (bicyclic) bond motifs is 4. The summed E-state index contributed by atoms with van der Waals surface area (Å²) in [7, 11) is 2.01. The molecule has 0 bridgehead atoms. The van der Waals surface area contributed by atoms with Gasteiger partial charge in [0.15, 0.2) is 0 Å². The fourth-order valence-corrected chi connectivity index (χ4v) is 10.4. The second kappa shape index (κ2) is 7.20. The Morgan fingerprint density at radius 2 is 1.94 bits per heavy atom. The van der Waals surface area contributed by atoms with Crippen LogP contribution in [0.3, 0.4) is 0 Å². The van der Waals surface area contributed by atoms with E-state index in [1.165, 1.54) is 56.9 Å². The fourth-order valence-electron chi connectivity index (χ4n) is 10.4. The standard InChI is InChI=1S/C29H43NO2/c1-18-6-9-26(30-16-18)32-17-19(2)22-7-8-23-21-14-25(31-5)29-15-20(29)10-13-28(29,4)24(21)11-12-27(22,23)3/h6,9,16,19-25H,7-8,10-15,17H2,1-5H3/t19-,20-,21+,22-,23+,24+,25?,27-,28-,29?/m1/s1. The zero-order valence-electron chi connectivity index (χ0n) is 20.9. The summed E-state index contributed by atoms with van der Waals surface area (Å²) in [4.78, 5) is 4.46. The van der Waals surface area contributed by atoms with Gasteiger partial charge in [-0.2, -0.15) is 0 Å². The molecule has 5 aliphatic rings. The lowest BCUT2D eigenvalue weighted by molar-refractivity contribution is -0.161. The first-order valence-corrected chi connectivity index (χ1v) is 13.4. The first kappa shape index (κ1) is 21.4. The molecule has 1 aromatic rings. The Hall–Kier alpha value is -1.09. The zero-order valence-corrected chi connectivity index (χ0v) is 20.9. The summed E-state index contributed by atoms with van der Waals surface area (Å²) in [5.41, 5.74) is 2.72. The molecule has 176 valence electrons. The number of aryl methyl sites for hydroxylation is 1. The van der Waals surface area contributed by atoms with E-state index in [0.717, 1.165) is 42.1 Å². The first-order chi connectivity index (χ1) is 15.3. The van der Waals surface area contributed by atoms with Crippen LogP contribution in [0.4, 0.5) is 0 Å². The summed E-state index contributed by atoms with van der Waals surface area (Å²) in [5, 5.41) is 0. The molecule has 6 rings (SSSR count). The number of nitrogens with zero attached hydrogens (tertiary/aromatic N) is 1. The molecule has 1 heterocycles. The number of hydrogen-bond donors (Lipinski definition) is 0. The third-order valence-electron chi connectivity index (χ3n) is 12.0. The van der Waals surface area contributed by atoms with Gasteiger partial charge < -0.3 is 9.47 Å².